The van der Waals surface area contributed by atoms with E-state index in [0.29, 0.717) is 5.56 Å². The summed E-state index contributed by atoms with van der Waals surface area (Å²) < 4.78 is 31.0. The Morgan fingerprint density at radius 1 is 1.13 bits per heavy atom. The van der Waals surface area contributed by atoms with Crippen molar-refractivity contribution in [3.8, 4) is 0 Å². The van der Waals surface area contributed by atoms with Crippen molar-refractivity contribution in [1.29, 1.82) is 0 Å². The number of esters is 1. The van der Waals surface area contributed by atoms with E-state index < -0.39 is 36.2 Å². The molecule has 1 amide bonds. The Bertz CT molecular complexity index is 706. The maximum absolute atomic E-state index is 13.3. The van der Waals surface area contributed by atoms with Gasteiger partial charge < -0.3 is 15.2 Å². The third kappa shape index (κ3) is 4.58. The highest BCUT2D eigenvalue weighted by Gasteiger charge is 2.20. The molecule has 0 radical (unpaired) electrons. The van der Waals surface area contributed by atoms with Crippen LogP contribution >= 0.6 is 0 Å². The summed E-state index contributed by atoms with van der Waals surface area (Å²) in [6, 6.07) is 10.6. The largest absolute Gasteiger partial charge is 0.453 e. The molecule has 0 aliphatic heterocycles. The van der Waals surface area contributed by atoms with Crippen LogP contribution in [0.3, 0.4) is 0 Å². The van der Waals surface area contributed by atoms with Gasteiger partial charge in [0.05, 0.1) is 5.69 Å². The fourth-order valence-electron chi connectivity index (χ4n) is 1.77. The van der Waals surface area contributed by atoms with Crippen LogP contribution < -0.4 is 5.32 Å². The van der Waals surface area contributed by atoms with Gasteiger partial charge in [0.25, 0.3) is 5.91 Å². The Balaban J connectivity index is 1.89. The average Bonchev–Trinajstić information content (AvgIpc) is 2.56. The Hall–Kier alpha value is -2.80. The van der Waals surface area contributed by atoms with E-state index >= 15 is 0 Å². The number of hydrogen-bond acceptors (Lipinski definition) is 4. The smallest absolute Gasteiger partial charge is 0.340 e. The molecule has 0 unspecified atom stereocenters. The second-order valence-electron chi connectivity index (χ2n) is 4.59. The first-order valence-corrected chi connectivity index (χ1v) is 6.62. The van der Waals surface area contributed by atoms with Gasteiger partial charge in [0.15, 0.2) is 12.7 Å². The average molecular weight is 321 g/mol. The first-order valence-electron chi connectivity index (χ1n) is 6.62. The molecule has 2 aromatic carbocycles. The van der Waals surface area contributed by atoms with Crippen molar-refractivity contribution in [1.82, 2.24) is 0 Å². The first-order chi connectivity index (χ1) is 11.0. The summed E-state index contributed by atoms with van der Waals surface area (Å²) in [6.07, 6.45) is -1.53. The van der Waals surface area contributed by atoms with E-state index in [1.165, 1.54) is 12.1 Å². The predicted molar refractivity (Wildman–Crippen MR) is 77.3 cm³/mol. The van der Waals surface area contributed by atoms with Crippen LogP contribution in [0.1, 0.15) is 11.7 Å². The number of rotatable bonds is 5. The van der Waals surface area contributed by atoms with Crippen LogP contribution in [0, 0.1) is 11.6 Å². The van der Waals surface area contributed by atoms with Crippen LogP contribution in [0.25, 0.3) is 0 Å². The monoisotopic (exact) mass is 321 g/mol. The van der Waals surface area contributed by atoms with Crippen molar-refractivity contribution in [2.24, 2.45) is 0 Å². The molecule has 0 aliphatic carbocycles. The molecule has 1 atom stereocenters. The van der Waals surface area contributed by atoms with Crippen LogP contribution in [0.5, 0.6) is 0 Å². The zero-order valence-electron chi connectivity index (χ0n) is 11.8. The van der Waals surface area contributed by atoms with E-state index in [4.69, 9.17) is 0 Å². The quantitative estimate of drug-likeness (QED) is 0.828. The fraction of sp³-hybridized carbons (Fsp3) is 0.125. The number of ether oxygens (including phenoxy) is 1. The highest BCUT2D eigenvalue weighted by Crippen LogP contribution is 2.16. The molecule has 0 fully saturated rings. The molecular weight excluding hydrogens is 308 g/mol. The molecule has 2 aromatic rings. The van der Waals surface area contributed by atoms with Gasteiger partial charge in [-0.3, -0.25) is 4.79 Å². The van der Waals surface area contributed by atoms with Crippen LogP contribution in [0.4, 0.5) is 14.5 Å². The number of carbonyl (C=O) groups is 2. The summed E-state index contributed by atoms with van der Waals surface area (Å²) in [5, 5.41) is 11.8. The van der Waals surface area contributed by atoms with Crippen molar-refractivity contribution in [3.05, 3.63) is 65.7 Å². The standard InChI is InChI=1S/C16H13F2NO4/c17-11-6-7-12(18)13(8-11)19-14(20)9-23-16(22)15(21)10-4-2-1-3-5-10/h1-8,15,21H,9H2,(H,19,20)/t15-/m1/s1. The molecule has 2 N–H and O–H groups in total. The summed E-state index contributed by atoms with van der Waals surface area (Å²) in [7, 11) is 0. The second kappa shape index (κ2) is 7.46. The summed E-state index contributed by atoms with van der Waals surface area (Å²) in [6.45, 7) is -0.737. The lowest BCUT2D eigenvalue weighted by Gasteiger charge is -2.11. The predicted octanol–water partition coefficient (Wildman–Crippen LogP) is 2.18. The second-order valence-corrected chi connectivity index (χ2v) is 4.59. The number of halogens is 2. The minimum Gasteiger partial charge on any atom is -0.453 e. The van der Waals surface area contributed by atoms with Crippen molar-refractivity contribution < 1.29 is 28.2 Å². The lowest BCUT2D eigenvalue weighted by Crippen LogP contribution is -2.24. The maximum atomic E-state index is 13.3. The van der Waals surface area contributed by atoms with Gasteiger partial charge in [-0.2, -0.15) is 0 Å². The van der Waals surface area contributed by atoms with Gasteiger partial charge in [0.1, 0.15) is 11.6 Å². The van der Waals surface area contributed by atoms with Crippen LogP contribution in [-0.4, -0.2) is 23.6 Å². The molecule has 0 saturated carbocycles. The number of aliphatic hydroxyl groups excluding tert-OH is 1. The first kappa shape index (κ1) is 16.6. The summed E-state index contributed by atoms with van der Waals surface area (Å²) in [5.74, 6) is -3.43. The van der Waals surface area contributed by atoms with Gasteiger partial charge in [-0.25, -0.2) is 13.6 Å². The third-order valence-corrected chi connectivity index (χ3v) is 2.89. The topological polar surface area (TPSA) is 75.6 Å². The molecule has 0 bridgehead atoms. The Morgan fingerprint density at radius 2 is 1.83 bits per heavy atom. The van der Waals surface area contributed by atoms with Gasteiger partial charge in [-0.15, -0.1) is 0 Å². The Kier molecular flexibility index (Phi) is 5.37. The van der Waals surface area contributed by atoms with Gasteiger partial charge in [-0.05, 0) is 17.7 Å². The molecule has 0 spiro atoms. The molecule has 0 saturated heterocycles. The van der Waals surface area contributed by atoms with Crippen LogP contribution in [-0.2, 0) is 14.3 Å². The van der Waals surface area contributed by atoms with Crippen molar-refractivity contribution in [2.45, 2.75) is 6.10 Å². The molecule has 0 aliphatic rings. The van der Waals surface area contributed by atoms with Gasteiger partial charge in [0.2, 0.25) is 0 Å². The van der Waals surface area contributed by atoms with E-state index in [1.807, 2.05) is 0 Å². The summed E-state index contributed by atoms with van der Waals surface area (Å²) in [5.41, 5.74) is -0.0521. The molecule has 5 nitrogen and oxygen atoms in total. The van der Waals surface area contributed by atoms with E-state index in [9.17, 15) is 23.5 Å². The van der Waals surface area contributed by atoms with Crippen molar-refractivity contribution in [3.63, 3.8) is 0 Å². The zero-order valence-corrected chi connectivity index (χ0v) is 11.8. The zero-order chi connectivity index (χ0) is 16.8. The molecular formula is C16H13F2NO4. The molecule has 2 rings (SSSR count). The van der Waals surface area contributed by atoms with E-state index in [0.717, 1.165) is 18.2 Å². The van der Waals surface area contributed by atoms with Crippen LogP contribution in [0.2, 0.25) is 0 Å². The summed E-state index contributed by atoms with van der Waals surface area (Å²) in [4.78, 5) is 23.2. The van der Waals surface area contributed by atoms with E-state index in [1.54, 1.807) is 18.2 Å². The Morgan fingerprint density at radius 3 is 2.52 bits per heavy atom. The van der Waals surface area contributed by atoms with Gasteiger partial charge in [-0.1, -0.05) is 30.3 Å². The number of amides is 1. The lowest BCUT2D eigenvalue weighted by atomic mass is 10.1. The molecule has 0 aromatic heterocycles. The van der Waals surface area contributed by atoms with Crippen molar-refractivity contribution in [2.75, 3.05) is 11.9 Å². The number of aliphatic hydroxyl groups is 1. The lowest BCUT2D eigenvalue weighted by molar-refractivity contribution is -0.156. The fourth-order valence-corrected chi connectivity index (χ4v) is 1.77. The van der Waals surface area contributed by atoms with Crippen molar-refractivity contribution >= 4 is 17.6 Å². The maximum Gasteiger partial charge on any atom is 0.340 e. The van der Waals surface area contributed by atoms with E-state index in [-0.39, 0.29) is 5.69 Å². The number of hydrogen-bond donors (Lipinski definition) is 2. The van der Waals surface area contributed by atoms with Gasteiger partial charge in [0, 0.05) is 6.07 Å². The minimum absolute atomic E-state index is 0.314. The number of benzene rings is 2. The SMILES string of the molecule is O=C(COC(=O)[C@H](O)c1ccccc1)Nc1cc(F)ccc1F. The van der Waals surface area contributed by atoms with E-state index in [2.05, 4.69) is 10.1 Å². The number of nitrogens with one attached hydrogen (secondary N) is 1. The minimum atomic E-state index is -1.53. The third-order valence-electron chi connectivity index (χ3n) is 2.89. The highest BCUT2D eigenvalue weighted by atomic mass is 19.1. The number of carbonyl (C=O) groups excluding carboxylic acids is 2. The molecule has 7 heteroatoms. The highest BCUT2D eigenvalue weighted by molar-refractivity contribution is 5.93. The number of anilines is 1. The molecule has 23 heavy (non-hydrogen) atoms. The molecule has 0 heterocycles. The molecule has 120 valence electrons. The van der Waals surface area contributed by atoms with Gasteiger partial charge >= 0.3 is 5.97 Å². The Labute approximate surface area is 130 Å². The summed E-state index contributed by atoms with van der Waals surface area (Å²) >= 11 is 0. The van der Waals surface area contributed by atoms with Crippen LogP contribution in [0.15, 0.2) is 48.5 Å². The normalized spacial score (nSPS) is 11.6.